The molecular weight excluding hydrogens is 456 g/mol. The summed E-state index contributed by atoms with van der Waals surface area (Å²) in [6.07, 6.45) is 0. The fourth-order valence-electron chi connectivity index (χ4n) is 3.87. The van der Waals surface area contributed by atoms with Crippen LogP contribution < -0.4 is 11.5 Å². The predicted molar refractivity (Wildman–Crippen MR) is 133 cm³/mol. The molecule has 0 aliphatic heterocycles. The molecule has 160 valence electrons. The van der Waals surface area contributed by atoms with Gasteiger partial charge in [0.1, 0.15) is 11.0 Å². The highest BCUT2D eigenvalue weighted by Crippen LogP contribution is 2.36. The molecule has 4 N–H and O–H groups in total. The number of nitrogens with two attached hydrogens (primary N) is 2. The zero-order valence-corrected chi connectivity index (χ0v) is 18.5. The molecule has 0 amide bonds. The fourth-order valence-corrected chi connectivity index (χ4v) is 5.90. The molecule has 0 bridgehead atoms. The van der Waals surface area contributed by atoms with Crippen molar-refractivity contribution in [2.24, 2.45) is 0 Å². The van der Waals surface area contributed by atoms with Crippen LogP contribution in [0.2, 0.25) is 0 Å². The van der Waals surface area contributed by atoms with Crippen molar-refractivity contribution >= 4 is 88.0 Å². The minimum absolute atomic E-state index is 0.0486. The molecule has 0 saturated carbocycles. The molecule has 7 nitrogen and oxygen atoms in total. The molecule has 0 atom stereocenters. The molecule has 0 aliphatic rings. The monoisotopic (exact) mass is 470 g/mol. The zero-order valence-electron chi connectivity index (χ0n) is 16.9. The summed E-state index contributed by atoms with van der Waals surface area (Å²) in [6.45, 7) is 0. The van der Waals surface area contributed by atoms with Crippen LogP contribution in [0.3, 0.4) is 0 Å². The van der Waals surface area contributed by atoms with Crippen molar-refractivity contribution in [3.05, 3.63) is 70.7 Å². The molecule has 6 rings (SSSR count). The van der Waals surface area contributed by atoms with E-state index in [0.717, 1.165) is 53.6 Å². The van der Waals surface area contributed by atoms with E-state index in [2.05, 4.69) is 9.97 Å². The largest absolute Gasteiger partial charge is 0.397 e. The number of hydrogen-bond acceptors (Lipinski definition) is 9. The van der Waals surface area contributed by atoms with Crippen LogP contribution in [-0.2, 0) is 4.74 Å². The van der Waals surface area contributed by atoms with Gasteiger partial charge in [-0.3, -0.25) is 0 Å². The number of carbonyl (C=O) groups is 2. The van der Waals surface area contributed by atoms with Gasteiger partial charge in [-0.05, 0) is 22.9 Å². The molecule has 33 heavy (non-hydrogen) atoms. The lowest BCUT2D eigenvalue weighted by molar-refractivity contribution is 0.0397. The highest BCUT2D eigenvalue weighted by Gasteiger charge is 2.24. The van der Waals surface area contributed by atoms with E-state index < -0.39 is 11.9 Å². The number of fused-ring (bicyclic) bond motifs is 6. The smallest absolute Gasteiger partial charge is 0.375 e. The topological polar surface area (TPSA) is 121 Å². The quantitative estimate of drug-likeness (QED) is 0.198. The predicted octanol–water partition coefficient (Wildman–Crippen LogP) is 5.37. The number of ether oxygens (including phenoxy) is 1. The SMILES string of the molecule is Nc1cc2ccccc2c2sc(C(=O)OC(=O)c3nc4c(N)cc5ccccc5c4s3)nc12. The maximum absolute atomic E-state index is 12.8. The number of benzene rings is 4. The summed E-state index contributed by atoms with van der Waals surface area (Å²) in [5.74, 6) is -1.69. The number of thiazole rings is 2. The third-order valence-corrected chi connectivity index (χ3v) is 7.51. The first-order valence-corrected chi connectivity index (χ1v) is 11.5. The number of esters is 2. The van der Waals surface area contributed by atoms with Crippen molar-refractivity contribution in [1.29, 1.82) is 0 Å². The molecule has 0 radical (unpaired) electrons. The zero-order chi connectivity index (χ0) is 22.7. The standard InChI is InChI=1S/C24H14N4O3S2/c25-15-9-11-5-1-3-7-13(11)19-17(15)27-21(32-19)23(29)31-24(30)22-28-18-16(26)10-12-6-2-4-8-14(12)20(18)33-22/h1-10H,25-26H2. The first-order chi connectivity index (χ1) is 16.0. The molecule has 0 aliphatic carbocycles. The van der Waals surface area contributed by atoms with Crippen LogP contribution >= 0.6 is 22.7 Å². The Morgan fingerprint density at radius 2 is 1.12 bits per heavy atom. The van der Waals surface area contributed by atoms with Crippen molar-refractivity contribution in [3.63, 3.8) is 0 Å². The molecule has 9 heteroatoms. The number of anilines is 2. The second kappa shape index (κ2) is 7.22. The number of aromatic nitrogens is 2. The first kappa shape index (κ1) is 19.6. The summed E-state index contributed by atoms with van der Waals surface area (Å²) >= 11 is 2.28. The molecule has 0 saturated heterocycles. The summed E-state index contributed by atoms with van der Waals surface area (Å²) in [7, 11) is 0. The summed E-state index contributed by atoms with van der Waals surface area (Å²) in [5.41, 5.74) is 14.2. The van der Waals surface area contributed by atoms with E-state index in [1.54, 1.807) is 0 Å². The Kier molecular flexibility index (Phi) is 4.29. The number of nitrogens with zero attached hydrogens (tertiary/aromatic N) is 2. The minimum Gasteiger partial charge on any atom is -0.397 e. The van der Waals surface area contributed by atoms with Crippen molar-refractivity contribution in [2.75, 3.05) is 11.5 Å². The molecule has 0 spiro atoms. The summed E-state index contributed by atoms with van der Waals surface area (Å²) in [6, 6.07) is 19.0. The van der Waals surface area contributed by atoms with E-state index in [9.17, 15) is 9.59 Å². The molecule has 0 fully saturated rings. The molecule has 0 unspecified atom stereocenters. The Morgan fingerprint density at radius 3 is 1.58 bits per heavy atom. The normalized spacial score (nSPS) is 11.5. The lowest BCUT2D eigenvalue weighted by atomic mass is 10.1. The van der Waals surface area contributed by atoms with E-state index in [1.807, 2.05) is 60.7 Å². The van der Waals surface area contributed by atoms with Crippen molar-refractivity contribution < 1.29 is 14.3 Å². The Bertz CT molecular complexity index is 1640. The Labute approximate surface area is 194 Å². The maximum Gasteiger partial charge on any atom is 0.375 e. The van der Waals surface area contributed by atoms with E-state index in [0.29, 0.717) is 22.4 Å². The molecular formula is C24H14N4O3S2. The summed E-state index contributed by atoms with van der Waals surface area (Å²) < 4.78 is 6.66. The molecule has 2 heterocycles. The van der Waals surface area contributed by atoms with Gasteiger partial charge in [0.05, 0.1) is 20.8 Å². The van der Waals surface area contributed by atoms with Gasteiger partial charge in [0.15, 0.2) is 0 Å². The van der Waals surface area contributed by atoms with Gasteiger partial charge in [-0.25, -0.2) is 19.6 Å². The first-order valence-electron chi connectivity index (χ1n) is 9.91. The third-order valence-electron chi connectivity index (χ3n) is 5.37. The van der Waals surface area contributed by atoms with E-state index >= 15 is 0 Å². The van der Waals surface area contributed by atoms with Crippen LogP contribution in [0.1, 0.15) is 19.6 Å². The Balaban J connectivity index is 1.36. The van der Waals surface area contributed by atoms with Crippen LogP contribution in [0.4, 0.5) is 11.4 Å². The second-order valence-electron chi connectivity index (χ2n) is 7.44. The van der Waals surface area contributed by atoms with E-state index in [-0.39, 0.29) is 10.0 Å². The van der Waals surface area contributed by atoms with Crippen LogP contribution in [-0.4, -0.2) is 21.9 Å². The highest BCUT2D eigenvalue weighted by molar-refractivity contribution is 7.22. The number of carbonyl (C=O) groups excluding carboxylic acids is 2. The molecule has 6 aromatic rings. The fraction of sp³-hybridized carbons (Fsp3) is 0. The van der Waals surface area contributed by atoms with Gasteiger partial charge in [-0.1, -0.05) is 48.5 Å². The number of hydrogen-bond donors (Lipinski definition) is 2. The van der Waals surface area contributed by atoms with Gasteiger partial charge in [-0.15, -0.1) is 22.7 Å². The number of nitrogen functional groups attached to an aromatic ring is 2. The Morgan fingerprint density at radius 1 is 0.697 bits per heavy atom. The van der Waals surface area contributed by atoms with Gasteiger partial charge >= 0.3 is 11.9 Å². The second-order valence-corrected chi connectivity index (χ2v) is 9.44. The van der Waals surface area contributed by atoms with Crippen LogP contribution in [0.15, 0.2) is 60.7 Å². The van der Waals surface area contributed by atoms with Gasteiger partial charge in [0.25, 0.3) is 0 Å². The van der Waals surface area contributed by atoms with Crippen LogP contribution in [0.25, 0.3) is 42.0 Å². The lowest BCUT2D eigenvalue weighted by Gasteiger charge is -2.00. The highest BCUT2D eigenvalue weighted by atomic mass is 32.1. The van der Waals surface area contributed by atoms with Gasteiger partial charge in [-0.2, -0.15) is 0 Å². The van der Waals surface area contributed by atoms with Crippen molar-refractivity contribution in [2.45, 2.75) is 0 Å². The van der Waals surface area contributed by atoms with Gasteiger partial charge < -0.3 is 16.2 Å². The summed E-state index contributed by atoms with van der Waals surface area (Å²) in [4.78, 5) is 34.2. The van der Waals surface area contributed by atoms with Crippen molar-refractivity contribution in [3.8, 4) is 0 Å². The van der Waals surface area contributed by atoms with Gasteiger partial charge in [0, 0.05) is 10.8 Å². The Hall–Kier alpha value is -4.08. The maximum atomic E-state index is 12.8. The molecule has 2 aromatic heterocycles. The number of rotatable bonds is 2. The summed E-state index contributed by atoms with van der Waals surface area (Å²) in [5, 5.41) is 3.85. The van der Waals surface area contributed by atoms with Crippen LogP contribution in [0, 0.1) is 0 Å². The van der Waals surface area contributed by atoms with E-state index in [1.165, 1.54) is 0 Å². The average Bonchev–Trinajstić information content (AvgIpc) is 3.46. The van der Waals surface area contributed by atoms with E-state index in [4.69, 9.17) is 16.2 Å². The van der Waals surface area contributed by atoms with Gasteiger partial charge in [0.2, 0.25) is 10.0 Å². The average molecular weight is 471 g/mol. The molecule has 4 aromatic carbocycles. The lowest BCUT2D eigenvalue weighted by Crippen LogP contribution is -2.12. The van der Waals surface area contributed by atoms with Crippen molar-refractivity contribution in [1.82, 2.24) is 9.97 Å². The minimum atomic E-state index is -0.846. The van der Waals surface area contributed by atoms with Crippen LogP contribution in [0.5, 0.6) is 0 Å². The third kappa shape index (κ3) is 3.09.